The SMILES string of the molecule is COC1(NC(=O)/C(=N\OC(C)C)c2csc(NC(=O)CCl)n2)CN(S(=O)(=O)[O-])C1=O.[Na+]. The van der Waals surface area contributed by atoms with Crippen molar-refractivity contribution in [1.29, 1.82) is 0 Å². The molecule has 0 bridgehead atoms. The van der Waals surface area contributed by atoms with Crippen molar-refractivity contribution in [2.45, 2.75) is 25.7 Å². The van der Waals surface area contributed by atoms with Crippen molar-refractivity contribution < 1.29 is 66.5 Å². The maximum Gasteiger partial charge on any atom is 1.00 e. The second kappa shape index (κ2) is 11.0. The number of methoxy groups -OCH3 is 1. The largest absolute Gasteiger partial charge is 1.00 e. The average molecular weight is 506 g/mol. The van der Waals surface area contributed by atoms with E-state index in [0.717, 1.165) is 18.4 Å². The number of nitrogens with one attached hydrogen (secondary N) is 2. The molecule has 3 amide bonds. The number of amides is 3. The predicted molar refractivity (Wildman–Crippen MR) is 104 cm³/mol. The van der Waals surface area contributed by atoms with Crippen molar-refractivity contribution >= 4 is 61.8 Å². The second-order valence-electron chi connectivity index (χ2n) is 6.07. The molecule has 1 atom stereocenters. The van der Waals surface area contributed by atoms with Crippen molar-refractivity contribution in [3.63, 3.8) is 0 Å². The minimum Gasteiger partial charge on any atom is -0.731 e. The molecule has 1 aromatic heterocycles. The number of hydrogen-bond acceptors (Lipinski definition) is 11. The summed E-state index contributed by atoms with van der Waals surface area (Å²) in [5.74, 6) is -3.07. The van der Waals surface area contributed by atoms with E-state index in [4.69, 9.17) is 21.2 Å². The molecule has 31 heavy (non-hydrogen) atoms. The molecular formula is C14H17ClN5NaO8S2. The summed E-state index contributed by atoms with van der Waals surface area (Å²) < 4.78 is 38.1. The quantitative estimate of drug-likeness (QED) is 0.0647. The van der Waals surface area contributed by atoms with Crippen LogP contribution in [0.25, 0.3) is 0 Å². The number of nitrogens with zero attached hydrogens (tertiary/aromatic N) is 3. The fourth-order valence-corrected chi connectivity index (χ4v) is 3.59. The molecular weight excluding hydrogens is 489 g/mol. The first kappa shape index (κ1) is 27.7. The third-order valence-electron chi connectivity index (χ3n) is 3.56. The topological polar surface area (TPSA) is 179 Å². The molecule has 1 aromatic rings. The van der Waals surface area contributed by atoms with Crippen LogP contribution in [0, 0.1) is 0 Å². The van der Waals surface area contributed by atoms with E-state index in [0.29, 0.717) is 0 Å². The maximum absolute atomic E-state index is 12.8. The molecule has 1 aliphatic rings. The fraction of sp³-hybridized carbons (Fsp3) is 0.500. The van der Waals surface area contributed by atoms with Gasteiger partial charge in [0.15, 0.2) is 21.1 Å². The molecule has 2 rings (SSSR count). The third-order valence-corrected chi connectivity index (χ3v) is 5.39. The summed E-state index contributed by atoms with van der Waals surface area (Å²) in [6, 6.07) is 0. The van der Waals surface area contributed by atoms with Gasteiger partial charge < -0.3 is 24.8 Å². The van der Waals surface area contributed by atoms with Gasteiger partial charge in [-0.1, -0.05) is 5.16 Å². The van der Waals surface area contributed by atoms with Crippen LogP contribution in [0.2, 0.25) is 0 Å². The van der Waals surface area contributed by atoms with Gasteiger partial charge in [-0.15, -0.1) is 22.9 Å². The van der Waals surface area contributed by atoms with Crippen molar-refractivity contribution in [1.82, 2.24) is 14.6 Å². The molecule has 2 N–H and O–H groups in total. The van der Waals surface area contributed by atoms with Crippen molar-refractivity contribution in [3.05, 3.63) is 11.1 Å². The first-order valence-corrected chi connectivity index (χ1v) is 10.9. The first-order valence-electron chi connectivity index (χ1n) is 8.14. The van der Waals surface area contributed by atoms with Gasteiger partial charge in [-0.2, -0.15) is 0 Å². The maximum atomic E-state index is 12.8. The van der Waals surface area contributed by atoms with E-state index >= 15 is 0 Å². The number of hydrogen-bond donors (Lipinski definition) is 2. The summed E-state index contributed by atoms with van der Waals surface area (Å²) in [7, 11) is -4.00. The molecule has 0 radical (unpaired) electrons. The van der Waals surface area contributed by atoms with Gasteiger partial charge in [0.05, 0.1) is 6.54 Å². The van der Waals surface area contributed by atoms with Gasteiger partial charge in [-0.05, 0) is 13.8 Å². The number of rotatable bonds is 9. The molecule has 13 nitrogen and oxygen atoms in total. The van der Waals surface area contributed by atoms with Crippen LogP contribution < -0.4 is 40.2 Å². The number of oxime groups is 1. The van der Waals surface area contributed by atoms with E-state index in [1.165, 1.54) is 5.38 Å². The standard InChI is InChI=1S/C14H18ClN5O8S2.Na/c1-7(2)28-19-10(8-5-29-13(16-8)17-9(21)4-15)11(22)18-14(27-3)6-20(12(14)23)30(24,25)26;/h5,7H,4,6H2,1-3H3,(H,18,22)(H,16,17,21)(H,24,25,26);/q;+1/p-1/b19-10-;. The second-order valence-corrected chi connectivity index (χ2v) is 8.49. The molecule has 17 heteroatoms. The number of carbonyl (C=O) groups is 3. The average Bonchev–Trinajstić information content (AvgIpc) is 3.11. The van der Waals surface area contributed by atoms with E-state index in [9.17, 15) is 27.4 Å². The van der Waals surface area contributed by atoms with Crippen LogP contribution in [0.3, 0.4) is 0 Å². The Morgan fingerprint density at radius 3 is 2.61 bits per heavy atom. The minimum absolute atomic E-state index is 0. The van der Waals surface area contributed by atoms with Crippen LogP contribution in [0.5, 0.6) is 0 Å². The Hall–Kier alpha value is -1.33. The fourth-order valence-electron chi connectivity index (χ4n) is 2.13. The normalized spacial score (nSPS) is 18.8. The number of β-lactam (4-membered cyclic amide) rings is 1. The van der Waals surface area contributed by atoms with Crippen LogP contribution in [0.1, 0.15) is 19.5 Å². The number of ether oxygens (including phenoxy) is 1. The number of carbonyl (C=O) groups excluding carboxylic acids is 3. The zero-order chi connectivity index (χ0) is 22.7. The first-order chi connectivity index (χ1) is 13.9. The van der Waals surface area contributed by atoms with E-state index in [2.05, 4.69) is 20.8 Å². The molecule has 0 spiro atoms. The number of aromatic nitrogens is 1. The van der Waals surface area contributed by atoms with Crippen LogP contribution >= 0.6 is 22.9 Å². The molecule has 1 fully saturated rings. The Kier molecular flexibility index (Phi) is 9.83. The van der Waals surface area contributed by atoms with Gasteiger partial charge in [0.2, 0.25) is 11.6 Å². The van der Waals surface area contributed by atoms with Gasteiger partial charge in [0.25, 0.3) is 11.8 Å². The third kappa shape index (κ3) is 6.58. The smallest absolute Gasteiger partial charge is 0.731 e. The van der Waals surface area contributed by atoms with Gasteiger partial charge >= 0.3 is 29.6 Å². The predicted octanol–water partition coefficient (Wildman–Crippen LogP) is -3.79. The summed E-state index contributed by atoms with van der Waals surface area (Å²) >= 11 is 6.39. The molecule has 0 aromatic carbocycles. The van der Waals surface area contributed by atoms with Gasteiger partial charge in [0, 0.05) is 12.5 Å². The van der Waals surface area contributed by atoms with Crippen molar-refractivity contribution in [2.75, 3.05) is 24.9 Å². The zero-order valence-electron chi connectivity index (χ0n) is 16.9. The molecule has 1 saturated heterocycles. The van der Waals surface area contributed by atoms with Crippen LogP contribution in [0.15, 0.2) is 10.5 Å². The van der Waals surface area contributed by atoms with Crippen LogP contribution in [0.4, 0.5) is 5.13 Å². The summed E-state index contributed by atoms with van der Waals surface area (Å²) in [6.07, 6.45) is -0.412. The Labute approximate surface area is 208 Å². The summed E-state index contributed by atoms with van der Waals surface area (Å²) in [5.41, 5.74) is -2.45. The van der Waals surface area contributed by atoms with E-state index in [-0.39, 0.29) is 56.3 Å². The number of halogens is 1. The Morgan fingerprint density at radius 2 is 2.13 bits per heavy atom. The Bertz CT molecular complexity index is 985. The summed E-state index contributed by atoms with van der Waals surface area (Å²) in [5, 5.41) is 9.86. The van der Waals surface area contributed by atoms with Crippen molar-refractivity contribution in [2.24, 2.45) is 5.16 Å². The van der Waals surface area contributed by atoms with Crippen LogP contribution in [-0.2, 0) is 34.3 Å². The molecule has 2 heterocycles. The number of alkyl halides is 1. The van der Waals surface area contributed by atoms with Gasteiger partial charge in [-0.3, -0.25) is 14.4 Å². The number of thiazole rings is 1. The molecule has 166 valence electrons. The molecule has 0 aliphatic carbocycles. The Morgan fingerprint density at radius 1 is 1.48 bits per heavy atom. The van der Waals surface area contributed by atoms with Gasteiger partial charge in [-0.25, -0.2) is 17.7 Å². The van der Waals surface area contributed by atoms with Gasteiger partial charge in [0.1, 0.15) is 17.7 Å². The molecule has 0 saturated carbocycles. The summed E-state index contributed by atoms with van der Waals surface area (Å²) in [6.45, 7) is 2.58. The summed E-state index contributed by atoms with van der Waals surface area (Å²) in [4.78, 5) is 45.4. The number of anilines is 1. The Balaban J connectivity index is 0.00000480. The van der Waals surface area contributed by atoms with Crippen LogP contribution in [-0.4, -0.2) is 77.1 Å². The minimum atomic E-state index is -5.05. The van der Waals surface area contributed by atoms with E-state index in [1.54, 1.807) is 13.8 Å². The van der Waals surface area contributed by atoms with E-state index in [1.807, 2.05) is 0 Å². The molecule has 1 unspecified atom stereocenters. The monoisotopic (exact) mass is 505 g/mol. The molecule has 1 aliphatic heterocycles. The zero-order valence-corrected chi connectivity index (χ0v) is 21.3. The van der Waals surface area contributed by atoms with E-state index < -0.39 is 46.4 Å². The van der Waals surface area contributed by atoms with Crippen molar-refractivity contribution in [3.8, 4) is 0 Å².